The summed E-state index contributed by atoms with van der Waals surface area (Å²) in [5.41, 5.74) is 1.12. The standard InChI is InChI=1S/C18H23ClN4O3S/c1-22-13-16(17(24)20-10-9-14-5-7-15(19)8-6-14)18(21-22)27(25,26)23-11-3-2-4-12-23/h5-8,13H,2-4,9-12H2,1H3,(H,20,24). The van der Waals surface area contributed by atoms with Crippen LogP contribution < -0.4 is 5.32 Å². The van der Waals surface area contributed by atoms with E-state index in [1.807, 2.05) is 12.1 Å². The maximum absolute atomic E-state index is 12.9. The van der Waals surface area contributed by atoms with E-state index in [2.05, 4.69) is 10.4 Å². The van der Waals surface area contributed by atoms with E-state index in [9.17, 15) is 13.2 Å². The van der Waals surface area contributed by atoms with Crippen molar-refractivity contribution in [2.75, 3.05) is 19.6 Å². The fraction of sp³-hybridized carbons (Fsp3) is 0.444. The predicted molar refractivity (Wildman–Crippen MR) is 103 cm³/mol. The first-order valence-corrected chi connectivity index (χ1v) is 10.8. The summed E-state index contributed by atoms with van der Waals surface area (Å²) in [6.45, 7) is 1.33. The molecule has 2 aromatic rings. The van der Waals surface area contributed by atoms with Crippen molar-refractivity contribution in [3.63, 3.8) is 0 Å². The number of piperidine rings is 1. The third-order valence-electron chi connectivity index (χ3n) is 4.55. The fourth-order valence-electron chi connectivity index (χ4n) is 3.11. The molecule has 1 fully saturated rings. The molecule has 1 amide bonds. The predicted octanol–water partition coefficient (Wildman–Crippen LogP) is 2.22. The number of aryl methyl sites for hydroxylation is 1. The molecule has 9 heteroatoms. The molecule has 0 atom stereocenters. The van der Waals surface area contributed by atoms with Crippen molar-refractivity contribution in [3.05, 3.63) is 46.6 Å². The maximum atomic E-state index is 12.9. The Kier molecular flexibility index (Phi) is 6.18. The zero-order valence-electron chi connectivity index (χ0n) is 15.2. The van der Waals surface area contributed by atoms with E-state index in [-0.39, 0.29) is 10.6 Å². The van der Waals surface area contributed by atoms with Gasteiger partial charge in [-0.15, -0.1) is 0 Å². The van der Waals surface area contributed by atoms with E-state index < -0.39 is 15.9 Å². The van der Waals surface area contributed by atoms with E-state index in [1.165, 1.54) is 15.2 Å². The number of halogens is 1. The molecule has 0 radical (unpaired) electrons. The molecule has 0 unspecified atom stereocenters. The summed E-state index contributed by atoms with van der Waals surface area (Å²) >= 11 is 5.86. The number of rotatable bonds is 6. The summed E-state index contributed by atoms with van der Waals surface area (Å²) in [4.78, 5) is 12.6. The second-order valence-corrected chi connectivity index (χ2v) is 8.91. The van der Waals surface area contributed by atoms with Crippen molar-refractivity contribution in [3.8, 4) is 0 Å². The van der Waals surface area contributed by atoms with Crippen LogP contribution in [0, 0.1) is 0 Å². The van der Waals surface area contributed by atoms with E-state index >= 15 is 0 Å². The van der Waals surface area contributed by atoms with Gasteiger partial charge in [-0.3, -0.25) is 9.48 Å². The molecule has 1 aromatic carbocycles. The highest BCUT2D eigenvalue weighted by Crippen LogP contribution is 2.22. The quantitative estimate of drug-likeness (QED) is 0.791. The Morgan fingerprint density at radius 2 is 1.85 bits per heavy atom. The number of carbonyl (C=O) groups is 1. The second-order valence-electron chi connectivity index (χ2n) is 6.62. The Morgan fingerprint density at radius 3 is 2.52 bits per heavy atom. The molecule has 146 valence electrons. The highest BCUT2D eigenvalue weighted by atomic mass is 35.5. The first-order chi connectivity index (χ1) is 12.9. The molecular weight excluding hydrogens is 388 g/mol. The van der Waals surface area contributed by atoms with Gasteiger partial charge < -0.3 is 5.32 Å². The number of hydrogen-bond acceptors (Lipinski definition) is 4. The summed E-state index contributed by atoms with van der Waals surface area (Å²) < 4.78 is 28.6. The van der Waals surface area contributed by atoms with Crippen LogP contribution in [0.15, 0.2) is 35.5 Å². The zero-order valence-corrected chi connectivity index (χ0v) is 16.8. The zero-order chi connectivity index (χ0) is 19.4. The fourth-order valence-corrected chi connectivity index (χ4v) is 4.87. The normalized spacial score (nSPS) is 15.6. The molecule has 1 aromatic heterocycles. The van der Waals surface area contributed by atoms with Gasteiger partial charge in [0.05, 0.1) is 5.56 Å². The number of nitrogens with one attached hydrogen (secondary N) is 1. The van der Waals surface area contributed by atoms with Gasteiger partial charge in [-0.05, 0) is 37.0 Å². The summed E-state index contributed by atoms with van der Waals surface area (Å²) in [6.07, 6.45) is 4.75. The molecule has 1 saturated heterocycles. The average molecular weight is 411 g/mol. The van der Waals surface area contributed by atoms with Crippen molar-refractivity contribution >= 4 is 27.5 Å². The lowest BCUT2D eigenvalue weighted by Crippen LogP contribution is -2.37. The Hall–Kier alpha value is -1.90. The molecule has 2 heterocycles. The van der Waals surface area contributed by atoms with Crippen LogP contribution in [0.4, 0.5) is 0 Å². The van der Waals surface area contributed by atoms with Crippen molar-refractivity contribution < 1.29 is 13.2 Å². The molecule has 27 heavy (non-hydrogen) atoms. The SMILES string of the molecule is Cn1cc(C(=O)NCCc2ccc(Cl)cc2)c(S(=O)(=O)N2CCCCC2)n1. The van der Waals surface area contributed by atoms with E-state index in [0.29, 0.717) is 31.1 Å². The van der Waals surface area contributed by atoms with Crippen molar-refractivity contribution in [2.24, 2.45) is 7.05 Å². The maximum Gasteiger partial charge on any atom is 0.263 e. The van der Waals surface area contributed by atoms with E-state index in [4.69, 9.17) is 11.6 Å². The number of amides is 1. The minimum atomic E-state index is -3.77. The number of sulfonamides is 1. The molecule has 0 spiro atoms. The van der Waals surface area contributed by atoms with Crippen molar-refractivity contribution in [2.45, 2.75) is 30.7 Å². The molecular formula is C18H23ClN4O3S. The van der Waals surface area contributed by atoms with Gasteiger partial charge in [0.2, 0.25) is 5.03 Å². The highest BCUT2D eigenvalue weighted by molar-refractivity contribution is 7.89. The monoisotopic (exact) mass is 410 g/mol. The van der Waals surface area contributed by atoms with Crippen LogP contribution in [0.3, 0.4) is 0 Å². The molecule has 0 saturated carbocycles. The van der Waals surface area contributed by atoms with Gasteiger partial charge in [0, 0.05) is 37.9 Å². The third-order valence-corrected chi connectivity index (χ3v) is 6.64. The lowest BCUT2D eigenvalue weighted by Gasteiger charge is -2.25. The van der Waals surface area contributed by atoms with Gasteiger partial charge in [0.15, 0.2) is 0 Å². The lowest BCUT2D eigenvalue weighted by atomic mass is 10.1. The Labute approximate surface area is 164 Å². The molecule has 7 nitrogen and oxygen atoms in total. The number of aromatic nitrogens is 2. The smallest absolute Gasteiger partial charge is 0.263 e. The van der Waals surface area contributed by atoms with Gasteiger partial charge in [0.1, 0.15) is 0 Å². The summed E-state index contributed by atoms with van der Waals surface area (Å²) in [7, 11) is -2.16. The van der Waals surface area contributed by atoms with Gasteiger partial charge in [0.25, 0.3) is 15.9 Å². The van der Waals surface area contributed by atoms with Crippen LogP contribution in [-0.2, 0) is 23.5 Å². The summed E-state index contributed by atoms with van der Waals surface area (Å²) in [6, 6.07) is 7.38. The average Bonchev–Trinajstić information content (AvgIpc) is 3.07. The number of nitrogens with zero attached hydrogens (tertiary/aromatic N) is 3. The largest absolute Gasteiger partial charge is 0.352 e. The molecule has 0 bridgehead atoms. The summed E-state index contributed by atoms with van der Waals surface area (Å²) in [5.74, 6) is -0.437. The van der Waals surface area contributed by atoms with Gasteiger partial charge in [-0.1, -0.05) is 30.2 Å². The first kappa shape index (κ1) is 19.9. The Bertz CT molecular complexity index is 903. The van der Waals surface area contributed by atoms with E-state index in [1.54, 1.807) is 19.2 Å². The van der Waals surface area contributed by atoms with Gasteiger partial charge >= 0.3 is 0 Å². The number of hydrogen-bond donors (Lipinski definition) is 1. The van der Waals surface area contributed by atoms with Crippen LogP contribution in [0.1, 0.15) is 35.2 Å². The summed E-state index contributed by atoms with van der Waals surface area (Å²) in [5, 5.41) is 7.34. The molecule has 3 rings (SSSR count). The van der Waals surface area contributed by atoms with Gasteiger partial charge in [-0.25, -0.2) is 8.42 Å². The van der Waals surface area contributed by atoms with Crippen LogP contribution in [-0.4, -0.2) is 48.0 Å². The molecule has 1 aliphatic rings. The first-order valence-electron chi connectivity index (χ1n) is 8.94. The number of carbonyl (C=O) groups excluding carboxylic acids is 1. The number of benzene rings is 1. The van der Waals surface area contributed by atoms with E-state index in [0.717, 1.165) is 24.8 Å². The minimum absolute atomic E-state index is 0.0826. The van der Waals surface area contributed by atoms with Crippen LogP contribution in [0.5, 0.6) is 0 Å². The molecule has 1 aliphatic heterocycles. The third kappa shape index (κ3) is 4.69. The van der Waals surface area contributed by atoms with Crippen molar-refractivity contribution in [1.29, 1.82) is 0 Å². The van der Waals surface area contributed by atoms with Gasteiger partial charge in [-0.2, -0.15) is 9.40 Å². The minimum Gasteiger partial charge on any atom is -0.352 e. The Morgan fingerprint density at radius 1 is 1.19 bits per heavy atom. The molecule has 1 N–H and O–H groups in total. The molecule has 0 aliphatic carbocycles. The van der Waals surface area contributed by atoms with Crippen LogP contribution >= 0.6 is 11.6 Å². The Balaban J connectivity index is 1.70. The topological polar surface area (TPSA) is 84.3 Å². The van der Waals surface area contributed by atoms with Crippen LogP contribution in [0.25, 0.3) is 0 Å². The van der Waals surface area contributed by atoms with Crippen molar-refractivity contribution in [1.82, 2.24) is 19.4 Å². The lowest BCUT2D eigenvalue weighted by molar-refractivity contribution is 0.0950. The second kappa shape index (κ2) is 8.41. The highest BCUT2D eigenvalue weighted by Gasteiger charge is 2.33. The van der Waals surface area contributed by atoms with Crippen LogP contribution in [0.2, 0.25) is 5.02 Å².